The molecule has 2 N–H and O–H groups in total. The van der Waals surface area contributed by atoms with Crippen molar-refractivity contribution < 1.29 is 9.53 Å². The van der Waals surface area contributed by atoms with E-state index in [0.717, 1.165) is 44.1 Å². The Labute approximate surface area is 132 Å². The van der Waals surface area contributed by atoms with Crippen molar-refractivity contribution >= 4 is 6.03 Å². The summed E-state index contributed by atoms with van der Waals surface area (Å²) in [6, 6.07) is 6.29. The molecule has 3 rings (SSSR count). The first-order chi connectivity index (χ1) is 10.8. The van der Waals surface area contributed by atoms with Gasteiger partial charge in [-0.15, -0.1) is 0 Å². The minimum absolute atomic E-state index is 0.0394. The van der Waals surface area contributed by atoms with Gasteiger partial charge in [0.25, 0.3) is 0 Å². The summed E-state index contributed by atoms with van der Waals surface area (Å²) >= 11 is 0. The molecular weight excluding hydrogens is 276 g/mol. The first kappa shape index (κ1) is 15.2. The Morgan fingerprint density at radius 2 is 2.00 bits per heavy atom. The Kier molecular flexibility index (Phi) is 5.20. The normalized spacial score (nSPS) is 17.1. The van der Waals surface area contributed by atoms with Crippen LogP contribution in [0.15, 0.2) is 18.2 Å². The number of urea groups is 1. The fourth-order valence-corrected chi connectivity index (χ4v) is 3.47. The first-order valence-electron chi connectivity index (χ1n) is 8.57. The van der Waals surface area contributed by atoms with Crippen molar-refractivity contribution in [2.75, 3.05) is 19.7 Å². The summed E-state index contributed by atoms with van der Waals surface area (Å²) in [6.07, 6.45) is 8.39. The molecule has 0 atom stereocenters. The molecule has 1 fully saturated rings. The van der Waals surface area contributed by atoms with Crippen LogP contribution in [0.25, 0.3) is 0 Å². The van der Waals surface area contributed by atoms with Crippen LogP contribution in [0.3, 0.4) is 0 Å². The van der Waals surface area contributed by atoms with Gasteiger partial charge in [0.05, 0.1) is 6.61 Å². The summed E-state index contributed by atoms with van der Waals surface area (Å²) in [5.74, 6) is 1.84. The van der Waals surface area contributed by atoms with Gasteiger partial charge in [-0.05, 0) is 36.0 Å². The monoisotopic (exact) mass is 302 g/mol. The van der Waals surface area contributed by atoms with Crippen molar-refractivity contribution in [3.05, 3.63) is 29.3 Å². The molecule has 4 nitrogen and oxygen atoms in total. The molecule has 1 aliphatic heterocycles. The molecule has 0 unspecified atom stereocenters. The standard InChI is InChI=1S/C18H26N2O2/c21-18(19-10-7-14-3-1-2-4-14)20-11-8-15-5-6-17-16(13-15)9-12-22-17/h5-6,13-14H,1-4,7-12H2,(H2,19,20,21). The van der Waals surface area contributed by atoms with E-state index in [1.165, 1.54) is 36.8 Å². The van der Waals surface area contributed by atoms with Gasteiger partial charge in [0.1, 0.15) is 5.75 Å². The van der Waals surface area contributed by atoms with Gasteiger partial charge in [-0.1, -0.05) is 37.8 Å². The molecule has 0 aromatic heterocycles. The van der Waals surface area contributed by atoms with E-state index in [1.54, 1.807) is 0 Å². The summed E-state index contributed by atoms with van der Waals surface area (Å²) in [5.41, 5.74) is 2.55. The Balaban J connectivity index is 1.31. The van der Waals surface area contributed by atoms with Gasteiger partial charge in [0, 0.05) is 19.5 Å². The number of ether oxygens (including phenoxy) is 1. The highest BCUT2D eigenvalue weighted by Gasteiger charge is 2.14. The second-order valence-corrected chi connectivity index (χ2v) is 6.41. The van der Waals surface area contributed by atoms with Gasteiger partial charge in [-0.2, -0.15) is 0 Å². The number of hydrogen-bond donors (Lipinski definition) is 2. The van der Waals surface area contributed by atoms with E-state index in [4.69, 9.17) is 4.74 Å². The first-order valence-corrected chi connectivity index (χ1v) is 8.57. The number of carbonyl (C=O) groups excluding carboxylic acids is 1. The predicted octanol–water partition coefficient (Wildman–Crippen LogP) is 3.04. The molecule has 2 aliphatic rings. The van der Waals surface area contributed by atoms with E-state index < -0.39 is 0 Å². The molecule has 1 aromatic rings. The number of hydrogen-bond acceptors (Lipinski definition) is 2. The number of nitrogens with one attached hydrogen (secondary N) is 2. The lowest BCUT2D eigenvalue weighted by atomic mass is 10.0. The Morgan fingerprint density at radius 3 is 2.86 bits per heavy atom. The zero-order valence-corrected chi connectivity index (χ0v) is 13.2. The fourth-order valence-electron chi connectivity index (χ4n) is 3.47. The lowest BCUT2D eigenvalue weighted by molar-refractivity contribution is 0.240. The van der Waals surface area contributed by atoms with Crippen molar-refractivity contribution in [3.8, 4) is 5.75 Å². The molecule has 1 aliphatic carbocycles. The fraction of sp³-hybridized carbons (Fsp3) is 0.611. The molecule has 4 heteroatoms. The van der Waals surface area contributed by atoms with Crippen LogP contribution in [0.4, 0.5) is 4.79 Å². The highest BCUT2D eigenvalue weighted by atomic mass is 16.5. The molecular formula is C18H26N2O2. The number of fused-ring (bicyclic) bond motifs is 1. The SMILES string of the molecule is O=C(NCCc1ccc2c(c1)CCO2)NCCC1CCCC1. The molecule has 0 bridgehead atoms. The van der Waals surface area contributed by atoms with Crippen molar-refractivity contribution in [2.24, 2.45) is 5.92 Å². The van der Waals surface area contributed by atoms with Crippen molar-refractivity contribution in [3.63, 3.8) is 0 Å². The third-order valence-electron chi connectivity index (χ3n) is 4.77. The van der Waals surface area contributed by atoms with Gasteiger partial charge in [0.15, 0.2) is 0 Å². The van der Waals surface area contributed by atoms with Crippen LogP contribution >= 0.6 is 0 Å². The second kappa shape index (κ2) is 7.52. The minimum atomic E-state index is -0.0394. The van der Waals surface area contributed by atoms with Crippen LogP contribution in [-0.4, -0.2) is 25.7 Å². The van der Waals surface area contributed by atoms with Crippen LogP contribution in [0.5, 0.6) is 5.75 Å². The lowest BCUT2D eigenvalue weighted by Crippen LogP contribution is -2.37. The maximum Gasteiger partial charge on any atom is 0.314 e. The van der Waals surface area contributed by atoms with Gasteiger partial charge in [-0.3, -0.25) is 0 Å². The van der Waals surface area contributed by atoms with Crippen LogP contribution in [0, 0.1) is 5.92 Å². The van der Waals surface area contributed by atoms with E-state index >= 15 is 0 Å². The number of amides is 2. The third-order valence-corrected chi connectivity index (χ3v) is 4.77. The Hall–Kier alpha value is -1.71. The number of rotatable bonds is 6. The second-order valence-electron chi connectivity index (χ2n) is 6.41. The zero-order chi connectivity index (χ0) is 15.2. The highest BCUT2D eigenvalue weighted by Crippen LogP contribution is 2.27. The molecule has 0 saturated heterocycles. The average molecular weight is 302 g/mol. The topological polar surface area (TPSA) is 50.4 Å². The van der Waals surface area contributed by atoms with E-state index in [9.17, 15) is 4.79 Å². The minimum Gasteiger partial charge on any atom is -0.493 e. The smallest absolute Gasteiger partial charge is 0.314 e. The van der Waals surface area contributed by atoms with Crippen LogP contribution in [0.1, 0.15) is 43.2 Å². The summed E-state index contributed by atoms with van der Waals surface area (Å²) in [6.45, 7) is 2.27. The summed E-state index contributed by atoms with van der Waals surface area (Å²) < 4.78 is 5.50. The largest absolute Gasteiger partial charge is 0.493 e. The molecule has 1 heterocycles. The Bertz CT molecular complexity index is 510. The van der Waals surface area contributed by atoms with Gasteiger partial charge in [0.2, 0.25) is 0 Å². The Morgan fingerprint density at radius 1 is 1.18 bits per heavy atom. The van der Waals surface area contributed by atoms with Gasteiger partial charge < -0.3 is 15.4 Å². The van der Waals surface area contributed by atoms with E-state index in [0.29, 0.717) is 6.54 Å². The van der Waals surface area contributed by atoms with Crippen LogP contribution < -0.4 is 15.4 Å². The molecule has 0 spiro atoms. The average Bonchev–Trinajstić information content (AvgIpc) is 3.17. The van der Waals surface area contributed by atoms with E-state index in [1.807, 2.05) is 6.07 Å². The maximum atomic E-state index is 11.8. The summed E-state index contributed by atoms with van der Waals surface area (Å²) in [7, 11) is 0. The number of benzene rings is 1. The zero-order valence-electron chi connectivity index (χ0n) is 13.2. The van der Waals surface area contributed by atoms with E-state index in [2.05, 4.69) is 22.8 Å². The molecule has 120 valence electrons. The highest BCUT2D eigenvalue weighted by molar-refractivity contribution is 5.73. The van der Waals surface area contributed by atoms with Crippen LogP contribution in [-0.2, 0) is 12.8 Å². The van der Waals surface area contributed by atoms with Crippen molar-refractivity contribution in [1.82, 2.24) is 10.6 Å². The molecule has 1 saturated carbocycles. The summed E-state index contributed by atoms with van der Waals surface area (Å²) in [5, 5.41) is 5.91. The lowest BCUT2D eigenvalue weighted by Gasteiger charge is -2.11. The van der Waals surface area contributed by atoms with Crippen molar-refractivity contribution in [2.45, 2.75) is 44.9 Å². The van der Waals surface area contributed by atoms with Gasteiger partial charge in [-0.25, -0.2) is 4.79 Å². The van der Waals surface area contributed by atoms with E-state index in [-0.39, 0.29) is 6.03 Å². The number of carbonyl (C=O) groups is 1. The van der Waals surface area contributed by atoms with Crippen molar-refractivity contribution in [1.29, 1.82) is 0 Å². The molecule has 2 amide bonds. The molecule has 22 heavy (non-hydrogen) atoms. The quantitative estimate of drug-likeness (QED) is 0.848. The third kappa shape index (κ3) is 4.15. The molecule has 1 aromatic carbocycles. The van der Waals surface area contributed by atoms with Gasteiger partial charge >= 0.3 is 6.03 Å². The predicted molar refractivity (Wildman–Crippen MR) is 87.3 cm³/mol. The molecule has 0 radical (unpaired) electrons. The van der Waals surface area contributed by atoms with Crippen LogP contribution in [0.2, 0.25) is 0 Å². The summed E-state index contributed by atoms with van der Waals surface area (Å²) in [4.78, 5) is 11.8. The maximum absolute atomic E-state index is 11.8.